The number of rotatable bonds is 4. The number of methoxy groups -OCH3 is 1. The minimum absolute atomic E-state index is 0.118. The largest absolute Gasteiger partial charge is 0.394 e. The molecule has 0 aromatic carbocycles. The molecule has 1 N–H and O–H groups in total. The van der Waals surface area contributed by atoms with Gasteiger partial charge in [-0.05, 0) is 19.3 Å². The Morgan fingerprint density at radius 2 is 2.38 bits per heavy atom. The molecule has 0 aromatic heterocycles. The van der Waals surface area contributed by atoms with Gasteiger partial charge < -0.3 is 9.84 Å². The van der Waals surface area contributed by atoms with Gasteiger partial charge in [0.25, 0.3) is 0 Å². The monoisotopic (exact) mass is 227 g/mol. The first-order valence-electron chi connectivity index (χ1n) is 6.10. The van der Waals surface area contributed by atoms with Gasteiger partial charge in [-0.25, -0.2) is 0 Å². The summed E-state index contributed by atoms with van der Waals surface area (Å²) in [7, 11) is 1.59. The van der Waals surface area contributed by atoms with Crippen LogP contribution in [0.25, 0.3) is 0 Å². The first-order valence-corrected chi connectivity index (χ1v) is 6.10. The first kappa shape index (κ1) is 12.0. The molecule has 0 aromatic rings. The molecule has 3 saturated heterocycles. The van der Waals surface area contributed by atoms with Crippen LogP contribution in [-0.4, -0.2) is 54.2 Å². The Kier molecular flexibility index (Phi) is 3.33. The number of piperidine rings is 3. The normalized spacial score (nSPS) is 42.7. The summed E-state index contributed by atoms with van der Waals surface area (Å²) in [5.74, 6) is 0.324. The van der Waals surface area contributed by atoms with E-state index in [0.29, 0.717) is 12.6 Å². The number of nitrogens with zero attached hydrogens (tertiary/aromatic N) is 1. The molecule has 0 saturated carbocycles. The molecule has 0 aliphatic carbocycles. The number of aliphatic hydroxyl groups excluding tert-OH is 1. The molecule has 4 heteroatoms. The van der Waals surface area contributed by atoms with E-state index in [1.165, 1.54) is 0 Å². The van der Waals surface area contributed by atoms with Gasteiger partial charge in [-0.3, -0.25) is 9.69 Å². The van der Waals surface area contributed by atoms with Crippen LogP contribution >= 0.6 is 0 Å². The summed E-state index contributed by atoms with van der Waals surface area (Å²) in [6.45, 7) is 3.26. The number of carbonyl (C=O) groups excluding carboxylic acids is 1. The maximum Gasteiger partial charge on any atom is 0.161 e. The molecular formula is C12H21NO3. The maximum absolute atomic E-state index is 12.3. The summed E-state index contributed by atoms with van der Waals surface area (Å²) in [4.78, 5) is 14.5. The van der Waals surface area contributed by atoms with Gasteiger partial charge in [0.2, 0.25) is 0 Å². The molecule has 4 unspecified atom stereocenters. The van der Waals surface area contributed by atoms with Crippen LogP contribution in [0.4, 0.5) is 0 Å². The van der Waals surface area contributed by atoms with Crippen LogP contribution < -0.4 is 0 Å². The second-order valence-corrected chi connectivity index (χ2v) is 4.96. The van der Waals surface area contributed by atoms with Crippen molar-refractivity contribution in [1.29, 1.82) is 0 Å². The van der Waals surface area contributed by atoms with Gasteiger partial charge in [0, 0.05) is 25.6 Å². The number of Topliss-reactive ketones (excluding diaryl/α,β-unsaturated/α-hetero) is 1. The molecule has 2 bridgehead atoms. The van der Waals surface area contributed by atoms with Gasteiger partial charge in [-0.1, -0.05) is 6.92 Å². The molecule has 92 valence electrons. The van der Waals surface area contributed by atoms with E-state index < -0.39 is 5.54 Å². The van der Waals surface area contributed by atoms with E-state index in [2.05, 4.69) is 11.8 Å². The maximum atomic E-state index is 12.3. The lowest BCUT2D eigenvalue weighted by Crippen LogP contribution is -2.71. The van der Waals surface area contributed by atoms with Crippen molar-refractivity contribution in [3.05, 3.63) is 0 Å². The van der Waals surface area contributed by atoms with Gasteiger partial charge in [0.15, 0.2) is 5.78 Å². The van der Waals surface area contributed by atoms with E-state index in [9.17, 15) is 9.90 Å². The molecule has 3 rings (SSSR count). The molecule has 4 nitrogen and oxygen atoms in total. The Bertz CT molecular complexity index is 281. The fourth-order valence-corrected chi connectivity index (χ4v) is 3.37. The van der Waals surface area contributed by atoms with Gasteiger partial charge in [0.05, 0.1) is 13.2 Å². The lowest BCUT2D eigenvalue weighted by Gasteiger charge is -2.55. The van der Waals surface area contributed by atoms with Crippen molar-refractivity contribution in [2.24, 2.45) is 5.92 Å². The average molecular weight is 227 g/mol. The Morgan fingerprint density at radius 1 is 1.62 bits per heavy atom. The number of hydrogen-bond acceptors (Lipinski definition) is 4. The summed E-state index contributed by atoms with van der Waals surface area (Å²) in [6, 6.07) is 0.429. The Morgan fingerprint density at radius 3 is 2.94 bits per heavy atom. The third-order valence-electron chi connectivity index (χ3n) is 4.21. The third kappa shape index (κ3) is 1.51. The number of hydrogen-bond donors (Lipinski definition) is 1. The smallest absolute Gasteiger partial charge is 0.161 e. The van der Waals surface area contributed by atoms with Crippen molar-refractivity contribution >= 4 is 5.78 Å². The van der Waals surface area contributed by atoms with Crippen molar-refractivity contribution in [3.8, 4) is 0 Å². The van der Waals surface area contributed by atoms with E-state index in [4.69, 9.17) is 4.74 Å². The van der Waals surface area contributed by atoms with Crippen LogP contribution in [0, 0.1) is 5.92 Å². The highest BCUT2D eigenvalue weighted by Gasteiger charge is 2.55. The van der Waals surface area contributed by atoms with Crippen molar-refractivity contribution in [1.82, 2.24) is 4.90 Å². The molecule has 0 radical (unpaired) electrons. The van der Waals surface area contributed by atoms with Gasteiger partial charge in [0.1, 0.15) is 5.54 Å². The number of ether oxygens (including phenoxy) is 1. The van der Waals surface area contributed by atoms with Crippen molar-refractivity contribution < 1.29 is 14.6 Å². The summed E-state index contributed by atoms with van der Waals surface area (Å²) >= 11 is 0. The number of fused-ring (bicyclic) bond motifs is 3. The van der Waals surface area contributed by atoms with Crippen LogP contribution in [0.3, 0.4) is 0 Å². The summed E-state index contributed by atoms with van der Waals surface area (Å²) in [5.41, 5.74) is -0.753. The minimum atomic E-state index is -0.753. The van der Waals surface area contributed by atoms with Crippen molar-refractivity contribution in [2.45, 2.75) is 37.8 Å². The summed E-state index contributed by atoms with van der Waals surface area (Å²) in [6.07, 6.45) is 2.94. The number of aliphatic hydroxyl groups is 1. The molecule has 3 aliphatic rings. The van der Waals surface area contributed by atoms with Crippen LogP contribution in [0.5, 0.6) is 0 Å². The van der Waals surface area contributed by atoms with Crippen LogP contribution in [0.1, 0.15) is 26.2 Å². The second-order valence-electron chi connectivity index (χ2n) is 4.96. The first-order chi connectivity index (χ1) is 7.69. The number of carbonyl (C=O) groups is 1. The second kappa shape index (κ2) is 4.43. The van der Waals surface area contributed by atoms with E-state index in [1.54, 1.807) is 7.11 Å². The highest BCUT2D eigenvalue weighted by Crippen LogP contribution is 2.40. The van der Waals surface area contributed by atoms with Crippen molar-refractivity contribution in [3.63, 3.8) is 0 Å². The zero-order valence-electron chi connectivity index (χ0n) is 10.1. The Hall–Kier alpha value is -0.450. The standard InChI is InChI=1S/C12H21NO3/c1-3-10-6-9-4-5-13(10)12(7-14,8-16-2)11(9)15/h9-10,14H,3-8H2,1-2H3. The molecule has 0 amide bonds. The Labute approximate surface area is 96.6 Å². The predicted molar refractivity (Wildman–Crippen MR) is 60.2 cm³/mol. The van der Waals surface area contributed by atoms with Crippen LogP contribution in [0.15, 0.2) is 0 Å². The molecular weight excluding hydrogens is 206 g/mol. The third-order valence-corrected chi connectivity index (χ3v) is 4.21. The van der Waals surface area contributed by atoms with Gasteiger partial charge in [-0.15, -0.1) is 0 Å². The quantitative estimate of drug-likeness (QED) is 0.757. The topological polar surface area (TPSA) is 49.8 Å². The van der Waals surface area contributed by atoms with Crippen LogP contribution in [-0.2, 0) is 9.53 Å². The van der Waals surface area contributed by atoms with E-state index in [0.717, 1.165) is 25.8 Å². The van der Waals surface area contributed by atoms with Gasteiger partial charge in [-0.2, -0.15) is 0 Å². The Balaban J connectivity index is 2.31. The summed E-state index contributed by atoms with van der Waals surface area (Å²) < 4.78 is 5.17. The fourth-order valence-electron chi connectivity index (χ4n) is 3.37. The van der Waals surface area contributed by atoms with Gasteiger partial charge >= 0.3 is 0 Å². The average Bonchev–Trinajstić information content (AvgIpc) is 2.33. The minimum Gasteiger partial charge on any atom is -0.394 e. The lowest BCUT2D eigenvalue weighted by molar-refractivity contribution is -0.166. The summed E-state index contributed by atoms with van der Waals surface area (Å²) in [5, 5.41) is 9.64. The zero-order chi connectivity index (χ0) is 11.8. The highest BCUT2D eigenvalue weighted by atomic mass is 16.5. The molecule has 3 fully saturated rings. The van der Waals surface area contributed by atoms with E-state index in [-0.39, 0.29) is 18.3 Å². The molecule has 0 spiro atoms. The van der Waals surface area contributed by atoms with E-state index >= 15 is 0 Å². The van der Waals surface area contributed by atoms with Crippen molar-refractivity contribution in [2.75, 3.05) is 26.9 Å². The molecule has 16 heavy (non-hydrogen) atoms. The lowest BCUT2D eigenvalue weighted by atomic mass is 9.70. The fraction of sp³-hybridized carbons (Fsp3) is 0.917. The SMILES string of the molecule is CCC1CC2CCN1C(CO)(COC)C2=O. The highest BCUT2D eigenvalue weighted by molar-refractivity contribution is 5.92. The zero-order valence-corrected chi connectivity index (χ0v) is 10.1. The molecule has 4 atom stereocenters. The molecule has 3 aliphatic heterocycles. The van der Waals surface area contributed by atoms with Crippen LogP contribution in [0.2, 0.25) is 0 Å². The molecule has 3 heterocycles. The number of ketones is 1. The predicted octanol–water partition coefficient (Wildman–Crippen LogP) is 0.437. The van der Waals surface area contributed by atoms with E-state index in [1.807, 2.05) is 0 Å².